The number of aromatic nitrogens is 1. The molecule has 0 unspecified atom stereocenters. The lowest BCUT2D eigenvalue weighted by molar-refractivity contribution is 0.104. The quantitative estimate of drug-likeness (QED) is 0.742. The first-order valence-corrected chi connectivity index (χ1v) is 5.95. The molecule has 82 valence electrons. The Bertz CT molecular complexity index is 543. The number of hydrogen-bond acceptors (Lipinski definition) is 3. The Morgan fingerprint density at radius 1 is 1.25 bits per heavy atom. The lowest BCUT2D eigenvalue weighted by atomic mass is 10.1. The van der Waals surface area contributed by atoms with Crippen LogP contribution in [0.25, 0.3) is 0 Å². The molecule has 0 saturated carbocycles. The molecule has 0 aliphatic rings. The third-order valence-electron chi connectivity index (χ3n) is 2.39. The highest BCUT2D eigenvalue weighted by Gasteiger charge is 2.15. The van der Waals surface area contributed by atoms with Gasteiger partial charge in [-0.25, -0.2) is 4.98 Å². The second kappa shape index (κ2) is 4.18. The molecule has 2 nitrogen and oxygen atoms in total. The smallest absolute Gasteiger partial charge is 0.204 e. The fourth-order valence-electron chi connectivity index (χ4n) is 1.66. The summed E-state index contributed by atoms with van der Waals surface area (Å²) in [6, 6.07) is 7.66. The maximum atomic E-state index is 12.2. The molecule has 0 radical (unpaired) electrons. The van der Waals surface area contributed by atoms with Gasteiger partial charge in [0.15, 0.2) is 0 Å². The van der Waals surface area contributed by atoms with Crippen LogP contribution in [0.4, 0.5) is 0 Å². The van der Waals surface area contributed by atoms with E-state index in [-0.39, 0.29) is 5.78 Å². The fraction of sp³-hybridized carbons (Fsp3) is 0.231. The van der Waals surface area contributed by atoms with E-state index in [1.807, 2.05) is 45.0 Å². The van der Waals surface area contributed by atoms with Crippen molar-refractivity contribution in [3.63, 3.8) is 0 Å². The standard InChI is InChI=1S/C13H13NOS/c1-8-5-4-6-11(7-8)12(15)13-9(2)14-10(3)16-13/h4-7H,1-3H3. The van der Waals surface area contributed by atoms with Crippen molar-refractivity contribution in [1.29, 1.82) is 0 Å². The minimum absolute atomic E-state index is 0.0757. The van der Waals surface area contributed by atoms with Crippen LogP contribution < -0.4 is 0 Å². The van der Waals surface area contributed by atoms with Crippen molar-refractivity contribution < 1.29 is 4.79 Å². The van der Waals surface area contributed by atoms with E-state index >= 15 is 0 Å². The minimum Gasteiger partial charge on any atom is -0.288 e. The van der Waals surface area contributed by atoms with E-state index in [1.54, 1.807) is 0 Å². The number of ketones is 1. The molecule has 0 aliphatic heterocycles. The zero-order valence-electron chi connectivity index (χ0n) is 9.57. The molecule has 0 N–H and O–H groups in total. The van der Waals surface area contributed by atoms with Crippen molar-refractivity contribution >= 4 is 17.1 Å². The van der Waals surface area contributed by atoms with E-state index in [4.69, 9.17) is 0 Å². The highest BCUT2D eigenvalue weighted by molar-refractivity contribution is 7.14. The number of nitrogens with zero attached hydrogens (tertiary/aromatic N) is 1. The summed E-state index contributed by atoms with van der Waals surface area (Å²) in [6.07, 6.45) is 0. The van der Waals surface area contributed by atoms with Crippen LogP contribution in [0.2, 0.25) is 0 Å². The zero-order valence-corrected chi connectivity index (χ0v) is 10.4. The molecule has 0 bridgehead atoms. The molecule has 0 saturated heterocycles. The number of hydrogen-bond donors (Lipinski definition) is 0. The zero-order chi connectivity index (χ0) is 11.7. The highest BCUT2D eigenvalue weighted by Crippen LogP contribution is 2.21. The molecule has 0 fully saturated rings. The number of thiazole rings is 1. The number of carbonyl (C=O) groups is 1. The molecule has 1 aromatic carbocycles. The molecule has 0 atom stereocenters. The summed E-state index contributed by atoms with van der Waals surface area (Å²) in [5.41, 5.74) is 2.67. The van der Waals surface area contributed by atoms with E-state index in [1.165, 1.54) is 11.3 Å². The Hall–Kier alpha value is -1.48. The number of aryl methyl sites for hydroxylation is 3. The van der Waals surface area contributed by atoms with E-state index in [0.717, 1.165) is 26.7 Å². The Balaban J connectivity index is 2.43. The summed E-state index contributed by atoms with van der Waals surface area (Å²) >= 11 is 1.46. The first-order chi connectivity index (χ1) is 7.58. The van der Waals surface area contributed by atoms with Crippen LogP contribution >= 0.6 is 11.3 Å². The Morgan fingerprint density at radius 3 is 2.56 bits per heavy atom. The summed E-state index contributed by atoms with van der Waals surface area (Å²) < 4.78 is 0. The van der Waals surface area contributed by atoms with Crippen LogP contribution in [0.3, 0.4) is 0 Å². The van der Waals surface area contributed by atoms with Crippen molar-refractivity contribution in [3.8, 4) is 0 Å². The lowest BCUT2D eigenvalue weighted by Crippen LogP contribution is -2.00. The van der Waals surface area contributed by atoms with Gasteiger partial charge in [-0.05, 0) is 26.8 Å². The fourth-order valence-corrected chi connectivity index (χ4v) is 2.54. The van der Waals surface area contributed by atoms with E-state index in [2.05, 4.69) is 4.98 Å². The average Bonchev–Trinajstić information content (AvgIpc) is 2.57. The van der Waals surface area contributed by atoms with Gasteiger partial charge in [-0.2, -0.15) is 0 Å². The summed E-state index contributed by atoms with van der Waals surface area (Å²) in [6.45, 7) is 5.79. The van der Waals surface area contributed by atoms with Crippen LogP contribution in [0.5, 0.6) is 0 Å². The van der Waals surface area contributed by atoms with Crippen molar-refractivity contribution in [1.82, 2.24) is 4.98 Å². The maximum absolute atomic E-state index is 12.2. The number of rotatable bonds is 2. The number of carbonyl (C=O) groups excluding carboxylic acids is 1. The Kier molecular flexibility index (Phi) is 2.88. The predicted molar refractivity (Wildman–Crippen MR) is 66.2 cm³/mol. The van der Waals surface area contributed by atoms with Gasteiger partial charge in [0.25, 0.3) is 0 Å². The number of benzene rings is 1. The van der Waals surface area contributed by atoms with Crippen LogP contribution in [-0.2, 0) is 0 Å². The monoisotopic (exact) mass is 231 g/mol. The molecule has 1 heterocycles. The molecular weight excluding hydrogens is 218 g/mol. The summed E-state index contributed by atoms with van der Waals surface area (Å²) in [5, 5.41) is 0.938. The van der Waals surface area contributed by atoms with Crippen LogP contribution in [-0.4, -0.2) is 10.8 Å². The molecule has 1 aromatic heterocycles. The van der Waals surface area contributed by atoms with E-state index < -0.39 is 0 Å². The van der Waals surface area contributed by atoms with Crippen molar-refractivity contribution in [3.05, 3.63) is 51.0 Å². The van der Waals surface area contributed by atoms with Crippen molar-refractivity contribution in [2.24, 2.45) is 0 Å². The van der Waals surface area contributed by atoms with Gasteiger partial charge in [0.2, 0.25) is 5.78 Å². The van der Waals surface area contributed by atoms with Gasteiger partial charge < -0.3 is 0 Å². The van der Waals surface area contributed by atoms with Gasteiger partial charge in [-0.1, -0.05) is 23.8 Å². The van der Waals surface area contributed by atoms with Gasteiger partial charge in [0.05, 0.1) is 15.6 Å². The molecule has 0 amide bonds. The Morgan fingerprint density at radius 2 is 2.00 bits per heavy atom. The molecule has 0 aliphatic carbocycles. The molecule has 2 rings (SSSR count). The minimum atomic E-state index is 0.0757. The molecule has 3 heteroatoms. The van der Waals surface area contributed by atoms with Gasteiger partial charge in [0, 0.05) is 5.56 Å². The first-order valence-electron chi connectivity index (χ1n) is 5.13. The van der Waals surface area contributed by atoms with E-state index in [9.17, 15) is 4.79 Å². The van der Waals surface area contributed by atoms with Gasteiger partial charge in [0.1, 0.15) is 0 Å². The average molecular weight is 231 g/mol. The van der Waals surface area contributed by atoms with Crippen LogP contribution in [0, 0.1) is 20.8 Å². The largest absolute Gasteiger partial charge is 0.288 e. The first kappa shape index (κ1) is 11.0. The molecule has 0 spiro atoms. The summed E-state index contributed by atoms with van der Waals surface area (Å²) in [7, 11) is 0. The normalized spacial score (nSPS) is 10.4. The van der Waals surface area contributed by atoms with Crippen molar-refractivity contribution in [2.45, 2.75) is 20.8 Å². The third-order valence-corrected chi connectivity index (χ3v) is 3.46. The molecular formula is C13H13NOS. The van der Waals surface area contributed by atoms with Gasteiger partial charge in [-0.15, -0.1) is 11.3 Å². The molecule has 2 aromatic rings. The lowest BCUT2D eigenvalue weighted by Gasteiger charge is -2.00. The van der Waals surface area contributed by atoms with Crippen molar-refractivity contribution in [2.75, 3.05) is 0 Å². The van der Waals surface area contributed by atoms with Crippen LogP contribution in [0.15, 0.2) is 24.3 Å². The topological polar surface area (TPSA) is 30.0 Å². The summed E-state index contributed by atoms with van der Waals surface area (Å²) in [4.78, 5) is 17.2. The second-order valence-corrected chi connectivity index (χ2v) is 5.05. The third kappa shape index (κ3) is 2.04. The van der Waals surface area contributed by atoms with E-state index in [0.29, 0.717) is 0 Å². The second-order valence-electron chi connectivity index (χ2n) is 3.85. The molecule has 16 heavy (non-hydrogen) atoms. The van der Waals surface area contributed by atoms with Gasteiger partial charge >= 0.3 is 0 Å². The Labute approximate surface area is 99.0 Å². The highest BCUT2D eigenvalue weighted by atomic mass is 32.1. The SMILES string of the molecule is Cc1cccc(C(=O)c2sc(C)nc2C)c1. The van der Waals surface area contributed by atoms with Gasteiger partial charge in [-0.3, -0.25) is 4.79 Å². The predicted octanol–water partition coefficient (Wildman–Crippen LogP) is 3.30. The summed E-state index contributed by atoms with van der Waals surface area (Å²) in [5.74, 6) is 0.0757. The van der Waals surface area contributed by atoms with Crippen LogP contribution in [0.1, 0.15) is 31.5 Å². The maximum Gasteiger partial charge on any atom is 0.204 e.